The van der Waals surface area contributed by atoms with E-state index in [0.29, 0.717) is 12.1 Å². The van der Waals surface area contributed by atoms with Gasteiger partial charge < -0.3 is 15.4 Å². The zero-order chi connectivity index (χ0) is 14.8. The lowest BCUT2D eigenvalue weighted by atomic mass is 10.1. The lowest BCUT2D eigenvalue weighted by Gasteiger charge is -2.16. The molecule has 2 atom stereocenters. The molecule has 4 heteroatoms. The molecule has 0 spiro atoms. The third-order valence-corrected chi connectivity index (χ3v) is 4.25. The molecule has 0 bridgehead atoms. The van der Waals surface area contributed by atoms with Gasteiger partial charge in [0.05, 0.1) is 0 Å². The summed E-state index contributed by atoms with van der Waals surface area (Å²) in [6.45, 7) is 4.93. The number of amides is 1. The highest BCUT2D eigenvalue weighted by Crippen LogP contribution is 2.33. The highest BCUT2D eigenvalue weighted by atomic mass is 16.5. The highest BCUT2D eigenvalue weighted by molar-refractivity contribution is 5.81. The minimum atomic E-state index is -0.436. The van der Waals surface area contributed by atoms with Gasteiger partial charge in [-0.25, -0.2) is 0 Å². The third-order valence-electron chi connectivity index (χ3n) is 4.25. The van der Waals surface area contributed by atoms with Crippen LogP contribution in [-0.4, -0.2) is 24.6 Å². The van der Waals surface area contributed by atoms with Crippen molar-refractivity contribution < 1.29 is 9.53 Å². The van der Waals surface area contributed by atoms with Gasteiger partial charge in [0, 0.05) is 12.1 Å². The number of carbonyl (C=O) groups is 1. The zero-order valence-electron chi connectivity index (χ0n) is 12.8. The molecule has 0 heterocycles. The average Bonchev–Trinajstić information content (AvgIpc) is 3.19. The number of rotatable bonds is 6. The van der Waals surface area contributed by atoms with Crippen LogP contribution in [0.4, 0.5) is 0 Å². The number of hydrogen-bond donors (Lipinski definition) is 2. The summed E-state index contributed by atoms with van der Waals surface area (Å²) in [5, 5.41) is 6.48. The van der Waals surface area contributed by atoms with Crippen molar-refractivity contribution >= 4 is 5.91 Å². The molecule has 1 aromatic rings. The van der Waals surface area contributed by atoms with Crippen molar-refractivity contribution in [3.63, 3.8) is 0 Å². The molecule has 2 aliphatic rings. The fourth-order valence-corrected chi connectivity index (χ4v) is 2.93. The van der Waals surface area contributed by atoms with Gasteiger partial charge in [-0.3, -0.25) is 4.79 Å². The van der Waals surface area contributed by atoms with Gasteiger partial charge in [-0.1, -0.05) is 13.0 Å². The normalized spacial score (nSPS) is 21.7. The minimum absolute atomic E-state index is 0.0106. The van der Waals surface area contributed by atoms with E-state index in [1.807, 2.05) is 13.0 Å². The minimum Gasteiger partial charge on any atom is -0.481 e. The first kappa shape index (κ1) is 14.4. The van der Waals surface area contributed by atoms with E-state index >= 15 is 0 Å². The van der Waals surface area contributed by atoms with Gasteiger partial charge in [0.15, 0.2) is 6.10 Å². The summed E-state index contributed by atoms with van der Waals surface area (Å²) in [5.74, 6) is 0.785. The first-order valence-electron chi connectivity index (χ1n) is 8.00. The number of benzene rings is 1. The van der Waals surface area contributed by atoms with E-state index in [1.165, 1.54) is 11.1 Å². The van der Waals surface area contributed by atoms with Crippen LogP contribution in [0.1, 0.15) is 50.3 Å². The van der Waals surface area contributed by atoms with Crippen molar-refractivity contribution in [3.05, 3.63) is 29.3 Å². The van der Waals surface area contributed by atoms with Gasteiger partial charge >= 0.3 is 0 Å². The summed E-state index contributed by atoms with van der Waals surface area (Å²) in [7, 11) is 0. The van der Waals surface area contributed by atoms with Crippen LogP contribution in [0.2, 0.25) is 0 Å². The SMILES string of the molecule is CCNC1CCc2cc(OC(C)C(=O)NC3CC3)ccc21. The van der Waals surface area contributed by atoms with Crippen LogP contribution in [0.5, 0.6) is 5.75 Å². The van der Waals surface area contributed by atoms with Crippen LogP contribution < -0.4 is 15.4 Å². The number of carbonyl (C=O) groups excluding carboxylic acids is 1. The molecule has 0 saturated heterocycles. The van der Waals surface area contributed by atoms with Crippen LogP contribution in [0.15, 0.2) is 18.2 Å². The van der Waals surface area contributed by atoms with Gasteiger partial charge in [-0.15, -0.1) is 0 Å². The number of hydrogen-bond acceptors (Lipinski definition) is 3. The van der Waals surface area contributed by atoms with E-state index in [4.69, 9.17) is 4.74 Å². The maximum atomic E-state index is 11.9. The molecule has 3 rings (SSSR count). The van der Waals surface area contributed by atoms with E-state index in [2.05, 4.69) is 29.7 Å². The lowest BCUT2D eigenvalue weighted by molar-refractivity contribution is -0.127. The second kappa shape index (κ2) is 6.06. The summed E-state index contributed by atoms with van der Waals surface area (Å²) in [5.41, 5.74) is 2.72. The van der Waals surface area contributed by atoms with E-state index in [1.54, 1.807) is 0 Å². The predicted molar refractivity (Wildman–Crippen MR) is 82.4 cm³/mol. The first-order valence-corrected chi connectivity index (χ1v) is 8.00. The van der Waals surface area contributed by atoms with Crippen molar-refractivity contribution in [1.29, 1.82) is 0 Å². The maximum absolute atomic E-state index is 11.9. The molecule has 0 aliphatic heterocycles. The predicted octanol–water partition coefficient (Wildman–Crippen LogP) is 2.33. The van der Waals surface area contributed by atoms with Gasteiger partial charge in [-0.05, 0) is 62.4 Å². The summed E-state index contributed by atoms with van der Waals surface area (Å²) >= 11 is 0. The Bertz CT molecular complexity index is 526. The molecule has 0 radical (unpaired) electrons. The van der Waals surface area contributed by atoms with Gasteiger partial charge in [0.2, 0.25) is 0 Å². The van der Waals surface area contributed by atoms with Crippen molar-refractivity contribution in [2.45, 2.75) is 57.7 Å². The Morgan fingerprint density at radius 1 is 1.38 bits per heavy atom. The molecule has 2 N–H and O–H groups in total. The molecule has 0 aromatic heterocycles. The van der Waals surface area contributed by atoms with E-state index in [9.17, 15) is 4.79 Å². The molecular weight excluding hydrogens is 264 g/mol. The molecule has 21 heavy (non-hydrogen) atoms. The van der Waals surface area contributed by atoms with Gasteiger partial charge in [0.25, 0.3) is 5.91 Å². The Kier molecular flexibility index (Phi) is 4.15. The molecule has 1 aromatic carbocycles. The molecule has 1 saturated carbocycles. The van der Waals surface area contributed by atoms with Gasteiger partial charge in [0.1, 0.15) is 5.75 Å². The van der Waals surface area contributed by atoms with Crippen molar-refractivity contribution in [2.24, 2.45) is 0 Å². The fourth-order valence-electron chi connectivity index (χ4n) is 2.93. The van der Waals surface area contributed by atoms with Crippen LogP contribution in [-0.2, 0) is 11.2 Å². The summed E-state index contributed by atoms with van der Waals surface area (Å²) in [6.07, 6.45) is 3.98. The topological polar surface area (TPSA) is 50.4 Å². The van der Waals surface area contributed by atoms with Crippen LogP contribution in [0, 0.1) is 0 Å². The Labute approximate surface area is 126 Å². The summed E-state index contributed by atoms with van der Waals surface area (Å²) < 4.78 is 5.79. The molecule has 1 fully saturated rings. The van der Waals surface area contributed by atoms with Gasteiger partial charge in [-0.2, -0.15) is 0 Å². The Hall–Kier alpha value is -1.55. The summed E-state index contributed by atoms with van der Waals surface area (Å²) in [4.78, 5) is 11.9. The van der Waals surface area contributed by atoms with Crippen LogP contribution >= 0.6 is 0 Å². The average molecular weight is 288 g/mol. The van der Waals surface area contributed by atoms with E-state index < -0.39 is 6.10 Å². The third kappa shape index (κ3) is 3.38. The number of fused-ring (bicyclic) bond motifs is 1. The maximum Gasteiger partial charge on any atom is 0.260 e. The molecule has 2 aliphatic carbocycles. The van der Waals surface area contributed by atoms with E-state index in [-0.39, 0.29) is 5.91 Å². The van der Waals surface area contributed by atoms with Crippen molar-refractivity contribution in [2.75, 3.05) is 6.54 Å². The molecule has 4 nitrogen and oxygen atoms in total. The monoisotopic (exact) mass is 288 g/mol. The largest absolute Gasteiger partial charge is 0.481 e. The van der Waals surface area contributed by atoms with Crippen molar-refractivity contribution in [1.82, 2.24) is 10.6 Å². The Balaban J connectivity index is 1.62. The first-order chi connectivity index (χ1) is 10.2. The zero-order valence-corrected chi connectivity index (χ0v) is 12.8. The Morgan fingerprint density at radius 3 is 2.90 bits per heavy atom. The second-order valence-corrected chi connectivity index (χ2v) is 6.05. The number of aryl methyl sites for hydroxylation is 1. The Morgan fingerprint density at radius 2 is 2.19 bits per heavy atom. The van der Waals surface area contributed by atoms with E-state index in [0.717, 1.165) is 38.0 Å². The molecule has 1 amide bonds. The quantitative estimate of drug-likeness (QED) is 0.844. The fraction of sp³-hybridized carbons (Fsp3) is 0.588. The van der Waals surface area contributed by atoms with Crippen molar-refractivity contribution in [3.8, 4) is 5.75 Å². The molecule has 114 valence electrons. The lowest BCUT2D eigenvalue weighted by Crippen LogP contribution is -2.37. The second-order valence-electron chi connectivity index (χ2n) is 6.05. The molecular formula is C17H24N2O2. The molecule has 2 unspecified atom stereocenters. The summed E-state index contributed by atoms with van der Waals surface area (Å²) in [6, 6.07) is 7.05. The number of ether oxygens (including phenoxy) is 1. The number of nitrogens with one attached hydrogen (secondary N) is 2. The standard InChI is InChI=1S/C17H24N2O2/c1-3-18-16-9-4-12-10-14(7-8-15(12)16)21-11(2)17(20)19-13-5-6-13/h7-8,10-11,13,16,18H,3-6,9H2,1-2H3,(H,19,20). The highest BCUT2D eigenvalue weighted by Gasteiger charge is 2.27. The smallest absolute Gasteiger partial charge is 0.260 e. The van der Waals surface area contributed by atoms with Crippen LogP contribution in [0.3, 0.4) is 0 Å². The van der Waals surface area contributed by atoms with Crippen LogP contribution in [0.25, 0.3) is 0 Å².